The summed E-state index contributed by atoms with van der Waals surface area (Å²) in [6.07, 6.45) is 4.16. The lowest BCUT2D eigenvalue weighted by Gasteiger charge is -2.32. The van der Waals surface area contributed by atoms with Gasteiger partial charge in [-0.3, -0.25) is 9.69 Å². The Kier molecular flexibility index (Phi) is 6.03. The summed E-state index contributed by atoms with van der Waals surface area (Å²) >= 11 is 0. The lowest BCUT2D eigenvalue weighted by Crippen LogP contribution is -2.50. The molecule has 0 fully saturated rings. The van der Waals surface area contributed by atoms with E-state index in [1.165, 1.54) is 11.1 Å². The van der Waals surface area contributed by atoms with E-state index in [-0.39, 0.29) is 0 Å². The van der Waals surface area contributed by atoms with Gasteiger partial charge < -0.3 is 10.8 Å². The molecule has 0 spiro atoms. The first-order valence-corrected chi connectivity index (χ1v) is 8.06. The van der Waals surface area contributed by atoms with Crippen LogP contribution >= 0.6 is 0 Å². The fourth-order valence-corrected chi connectivity index (χ4v) is 3.03. The number of fused-ring (bicyclic) bond motifs is 1. The van der Waals surface area contributed by atoms with E-state index in [0.717, 1.165) is 38.9 Å². The summed E-state index contributed by atoms with van der Waals surface area (Å²) in [6.45, 7) is 2.57. The van der Waals surface area contributed by atoms with Gasteiger partial charge in [-0.15, -0.1) is 0 Å². The van der Waals surface area contributed by atoms with Gasteiger partial charge in [-0.1, -0.05) is 43.4 Å². The number of nitrogens with two attached hydrogens (primary N) is 1. The van der Waals surface area contributed by atoms with Crippen LogP contribution in [0.25, 0.3) is 0 Å². The van der Waals surface area contributed by atoms with Gasteiger partial charge in [0.05, 0.1) is 7.85 Å². The molecule has 3 N–H and O–H groups in total. The van der Waals surface area contributed by atoms with Crippen molar-refractivity contribution < 1.29 is 9.90 Å². The molecule has 0 aromatic heterocycles. The van der Waals surface area contributed by atoms with E-state index in [1.54, 1.807) is 0 Å². The highest BCUT2D eigenvalue weighted by atomic mass is 16.4. The number of hydrogen-bond donors (Lipinski definition) is 2. The third-order valence-corrected chi connectivity index (χ3v) is 4.59. The van der Waals surface area contributed by atoms with Crippen molar-refractivity contribution in [2.75, 3.05) is 13.1 Å². The minimum absolute atomic E-state index is 0.481. The molecule has 0 amide bonds. The zero-order valence-corrected chi connectivity index (χ0v) is 13.1. The molecule has 2 radical (unpaired) electrons. The van der Waals surface area contributed by atoms with E-state index >= 15 is 0 Å². The molecule has 1 aliphatic heterocycles. The molecule has 22 heavy (non-hydrogen) atoms. The summed E-state index contributed by atoms with van der Waals surface area (Å²) in [5, 5.41) is 9.44. The quantitative estimate of drug-likeness (QED) is 0.569. The van der Waals surface area contributed by atoms with E-state index in [0.29, 0.717) is 19.2 Å². The second-order valence-corrected chi connectivity index (χ2v) is 6.25. The molecule has 2 rings (SSSR count). The van der Waals surface area contributed by atoms with Crippen molar-refractivity contribution in [1.29, 1.82) is 0 Å². The third-order valence-electron chi connectivity index (χ3n) is 4.59. The van der Waals surface area contributed by atoms with Gasteiger partial charge in [0.2, 0.25) is 0 Å². The molecule has 0 saturated heterocycles. The SMILES string of the molecule is [B]CCCCC(N)(CCN1CCc2ccccc2C1)C(=O)O. The summed E-state index contributed by atoms with van der Waals surface area (Å²) < 4.78 is 0. The first-order chi connectivity index (χ1) is 10.5. The normalized spacial score (nSPS) is 17.7. The second-order valence-electron chi connectivity index (χ2n) is 6.25. The van der Waals surface area contributed by atoms with Crippen molar-refractivity contribution in [3.05, 3.63) is 35.4 Å². The van der Waals surface area contributed by atoms with Gasteiger partial charge in [-0.25, -0.2) is 0 Å². The molecule has 0 saturated carbocycles. The number of hydrogen-bond acceptors (Lipinski definition) is 3. The van der Waals surface area contributed by atoms with Gasteiger partial charge in [-0.2, -0.15) is 0 Å². The average Bonchev–Trinajstić information content (AvgIpc) is 2.53. The molecule has 1 aliphatic rings. The molecule has 1 aromatic rings. The Morgan fingerprint density at radius 2 is 2.00 bits per heavy atom. The van der Waals surface area contributed by atoms with Gasteiger partial charge in [0, 0.05) is 19.6 Å². The van der Waals surface area contributed by atoms with Crippen LogP contribution in [0.5, 0.6) is 0 Å². The fraction of sp³-hybridized carbons (Fsp3) is 0.588. The van der Waals surface area contributed by atoms with Gasteiger partial charge >= 0.3 is 5.97 Å². The van der Waals surface area contributed by atoms with Gasteiger partial charge in [0.1, 0.15) is 5.54 Å². The molecule has 1 atom stereocenters. The minimum atomic E-state index is -1.13. The zero-order chi connectivity index (χ0) is 16.0. The Bertz CT molecular complexity index is 509. The summed E-state index contributed by atoms with van der Waals surface area (Å²) in [7, 11) is 5.47. The first-order valence-electron chi connectivity index (χ1n) is 8.06. The highest BCUT2D eigenvalue weighted by molar-refractivity contribution is 6.08. The van der Waals surface area contributed by atoms with Gasteiger partial charge in [0.15, 0.2) is 0 Å². The van der Waals surface area contributed by atoms with Crippen LogP contribution < -0.4 is 5.73 Å². The van der Waals surface area contributed by atoms with Crippen molar-refractivity contribution in [3.63, 3.8) is 0 Å². The Morgan fingerprint density at radius 3 is 2.68 bits per heavy atom. The van der Waals surface area contributed by atoms with Crippen LogP contribution in [0.2, 0.25) is 6.32 Å². The van der Waals surface area contributed by atoms with Crippen LogP contribution in [0.3, 0.4) is 0 Å². The predicted octanol–water partition coefficient (Wildman–Crippen LogP) is 1.97. The van der Waals surface area contributed by atoms with Gasteiger partial charge in [0.25, 0.3) is 0 Å². The van der Waals surface area contributed by atoms with Crippen LogP contribution in [0.15, 0.2) is 24.3 Å². The van der Waals surface area contributed by atoms with Crippen molar-refractivity contribution >= 4 is 13.8 Å². The molecule has 1 unspecified atom stereocenters. The van der Waals surface area contributed by atoms with Crippen molar-refractivity contribution in [2.24, 2.45) is 5.73 Å². The molecular formula is C17H25BN2O2. The largest absolute Gasteiger partial charge is 0.480 e. The highest BCUT2D eigenvalue weighted by Gasteiger charge is 2.33. The Balaban J connectivity index is 1.89. The lowest BCUT2D eigenvalue weighted by atomic mass is 9.87. The second kappa shape index (κ2) is 7.79. The number of carboxylic acid groups (broad SMARTS) is 1. The third kappa shape index (κ3) is 4.34. The summed E-state index contributed by atoms with van der Waals surface area (Å²) in [5.74, 6) is -0.901. The van der Waals surface area contributed by atoms with E-state index in [4.69, 9.17) is 13.6 Å². The smallest absolute Gasteiger partial charge is 0.323 e. The average molecular weight is 300 g/mol. The molecule has 1 aromatic carbocycles. The summed E-state index contributed by atoms with van der Waals surface area (Å²) in [4.78, 5) is 13.8. The van der Waals surface area contributed by atoms with Crippen LogP contribution in [-0.2, 0) is 17.8 Å². The number of carbonyl (C=O) groups is 1. The minimum Gasteiger partial charge on any atom is -0.480 e. The zero-order valence-electron chi connectivity index (χ0n) is 13.1. The number of rotatable bonds is 8. The van der Waals surface area contributed by atoms with Crippen LogP contribution in [0.4, 0.5) is 0 Å². The molecule has 0 bridgehead atoms. The van der Waals surface area contributed by atoms with Gasteiger partial charge in [-0.05, 0) is 30.4 Å². The number of nitrogens with zero attached hydrogens (tertiary/aromatic N) is 1. The maximum Gasteiger partial charge on any atom is 0.323 e. The maximum absolute atomic E-state index is 11.5. The Hall–Kier alpha value is -1.33. The van der Waals surface area contributed by atoms with Crippen molar-refractivity contribution in [2.45, 2.75) is 50.5 Å². The molecule has 118 valence electrons. The number of aliphatic carboxylic acids is 1. The molecule has 0 aliphatic carbocycles. The molecule has 4 nitrogen and oxygen atoms in total. The number of benzene rings is 1. The van der Waals surface area contributed by atoms with E-state index in [9.17, 15) is 9.90 Å². The standard InChI is InChI=1S/C17H25BN2O2/c18-10-4-3-8-17(19,16(21)22)9-12-20-11-7-14-5-1-2-6-15(14)13-20/h1-2,5-6H,3-4,7-13,19H2,(H,21,22). The van der Waals surface area contributed by atoms with Crippen molar-refractivity contribution in [1.82, 2.24) is 4.90 Å². The van der Waals surface area contributed by atoms with E-state index in [1.807, 2.05) is 0 Å². The van der Waals surface area contributed by atoms with Crippen LogP contribution in [0.1, 0.15) is 36.8 Å². The predicted molar refractivity (Wildman–Crippen MR) is 89.0 cm³/mol. The highest BCUT2D eigenvalue weighted by Crippen LogP contribution is 2.22. The Morgan fingerprint density at radius 1 is 1.27 bits per heavy atom. The monoisotopic (exact) mass is 300 g/mol. The topological polar surface area (TPSA) is 66.6 Å². The summed E-state index contributed by atoms with van der Waals surface area (Å²) in [6, 6.07) is 8.44. The van der Waals surface area contributed by atoms with Crippen LogP contribution in [0, 0.1) is 0 Å². The summed E-state index contributed by atoms with van der Waals surface area (Å²) in [5.41, 5.74) is 7.74. The van der Waals surface area contributed by atoms with Crippen molar-refractivity contribution in [3.8, 4) is 0 Å². The first kappa shape index (κ1) is 17.0. The van der Waals surface area contributed by atoms with E-state index < -0.39 is 11.5 Å². The van der Waals surface area contributed by atoms with Crippen LogP contribution in [-0.4, -0.2) is 42.5 Å². The molecule has 5 heteroatoms. The molecular weight excluding hydrogens is 275 g/mol. The lowest BCUT2D eigenvalue weighted by molar-refractivity contribution is -0.144. The van der Waals surface area contributed by atoms with E-state index in [2.05, 4.69) is 29.2 Å². The number of unbranched alkanes of at least 4 members (excludes halogenated alkanes) is 1. The maximum atomic E-state index is 11.5. The Labute approximate surface area is 134 Å². The number of carboxylic acids is 1. The molecule has 1 heterocycles. The fourth-order valence-electron chi connectivity index (χ4n) is 3.03.